The zero-order valence-corrected chi connectivity index (χ0v) is 8.01. The third-order valence-electron chi connectivity index (χ3n) is 2.85. The molecule has 13 heavy (non-hydrogen) atoms. The van der Waals surface area contributed by atoms with Gasteiger partial charge in [-0.2, -0.15) is 0 Å². The fourth-order valence-electron chi connectivity index (χ4n) is 2.00. The number of hydrogen-bond donors (Lipinski definition) is 2. The highest BCUT2D eigenvalue weighted by Crippen LogP contribution is 2.28. The summed E-state index contributed by atoms with van der Waals surface area (Å²) in [6.45, 7) is 3.24. The zero-order chi connectivity index (χ0) is 9.26. The van der Waals surface area contributed by atoms with Gasteiger partial charge in [-0.05, 0) is 43.5 Å². The lowest BCUT2D eigenvalue weighted by Gasteiger charge is -2.14. The summed E-state index contributed by atoms with van der Waals surface area (Å²) in [6, 6.07) is 6.71. The van der Waals surface area contributed by atoms with Crippen LogP contribution in [0.25, 0.3) is 0 Å². The Bertz CT molecular complexity index is 301. The normalized spacial score (nSPS) is 22.1. The molecular formula is C11H16N2. The van der Waals surface area contributed by atoms with Crippen LogP contribution in [0, 0.1) is 6.92 Å². The molecule has 2 heteroatoms. The summed E-state index contributed by atoms with van der Waals surface area (Å²) >= 11 is 0. The lowest BCUT2D eigenvalue weighted by Crippen LogP contribution is -2.14. The average Bonchev–Trinajstić information content (AvgIpc) is 2.62. The van der Waals surface area contributed by atoms with E-state index in [-0.39, 0.29) is 0 Å². The Labute approximate surface area is 79.1 Å². The molecule has 1 atom stereocenters. The van der Waals surface area contributed by atoms with Crippen molar-refractivity contribution in [3.63, 3.8) is 0 Å². The van der Waals surface area contributed by atoms with Crippen LogP contribution in [-0.4, -0.2) is 6.54 Å². The average molecular weight is 176 g/mol. The van der Waals surface area contributed by atoms with Crippen LogP contribution < -0.4 is 11.1 Å². The predicted octanol–water partition coefficient (Wildman–Crippen LogP) is 2.00. The molecule has 1 aliphatic rings. The van der Waals surface area contributed by atoms with Gasteiger partial charge in [0.05, 0.1) is 0 Å². The molecule has 0 radical (unpaired) electrons. The lowest BCUT2D eigenvalue weighted by atomic mass is 9.99. The predicted molar refractivity (Wildman–Crippen MR) is 55.6 cm³/mol. The van der Waals surface area contributed by atoms with Crippen molar-refractivity contribution in [3.8, 4) is 0 Å². The molecule has 1 heterocycles. The van der Waals surface area contributed by atoms with Crippen LogP contribution >= 0.6 is 0 Å². The maximum absolute atomic E-state index is 5.86. The van der Waals surface area contributed by atoms with Gasteiger partial charge in [0.25, 0.3) is 0 Å². The van der Waals surface area contributed by atoms with Gasteiger partial charge in [-0.25, -0.2) is 0 Å². The fourth-order valence-corrected chi connectivity index (χ4v) is 2.00. The van der Waals surface area contributed by atoms with Gasteiger partial charge < -0.3 is 11.1 Å². The van der Waals surface area contributed by atoms with Gasteiger partial charge >= 0.3 is 0 Å². The maximum atomic E-state index is 5.86. The van der Waals surface area contributed by atoms with Gasteiger partial charge in [-0.3, -0.25) is 0 Å². The van der Waals surface area contributed by atoms with Gasteiger partial charge in [-0.15, -0.1) is 0 Å². The molecule has 0 aliphatic carbocycles. The van der Waals surface area contributed by atoms with E-state index in [1.807, 2.05) is 12.1 Å². The minimum atomic E-state index is 0.531. The Balaban J connectivity index is 2.33. The van der Waals surface area contributed by atoms with E-state index < -0.39 is 0 Å². The van der Waals surface area contributed by atoms with E-state index in [1.165, 1.54) is 24.0 Å². The van der Waals surface area contributed by atoms with Gasteiger partial charge in [0.1, 0.15) is 0 Å². The van der Waals surface area contributed by atoms with Crippen LogP contribution in [0.3, 0.4) is 0 Å². The van der Waals surface area contributed by atoms with E-state index >= 15 is 0 Å². The molecule has 70 valence electrons. The van der Waals surface area contributed by atoms with E-state index in [2.05, 4.69) is 18.3 Å². The first-order chi connectivity index (χ1) is 6.29. The molecule has 1 fully saturated rings. The summed E-state index contributed by atoms with van der Waals surface area (Å²) in [5, 5.41) is 3.49. The van der Waals surface area contributed by atoms with E-state index in [9.17, 15) is 0 Å². The molecule has 1 unspecified atom stereocenters. The molecular weight excluding hydrogens is 160 g/mol. The standard InChI is InChI=1S/C11H16N2/c1-8-9(4-2-5-10(8)12)11-6-3-7-13-11/h2,4-5,11,13H,3,6-7,12H2,1H3. The highest BCUT2D eigenvalue weighted by molar-refractivity contribution is 5.51. The Kier molecular flexibility index (Phi) is 2.23. The summed E-state index contributed by atoms with van der Waals surface area (Å²) in [7, 11) is 0. The SMILES string of the molecule is Cc1c(N)cccc1C1CCCN1. The van der Waals surface area contributed by atoms with Crippen molar-refractivity contribution >= 4 is 5.69 Å². The molecule has 0 amide bonds. The van der Waals surface area contributed by atoms with Crippen molar-refractivity contribution in [1.29, 1.82) is 0 Å². The van der Waals surface area contributed by atoms with Gasteiger partial charge in [0.15, 0.2) is 0 Å². The monoisotopic (exact) mass is 176 g/mol. The van der Waals surface area contributed by atoms with Crippen molar-refractivity contribution in [2.24, 2.45) is 0 Å². The second-order valence-corrected chi connectivity index (χ2v) is 3.71. The number of nitrogens with two attached hydrogens (primary N) is 1. The van der Waals surface area contributed by atoms with Crippen molar-refractivity contribution < 1.29 is 0 Å². The molecule has 1 aliphatic heterocycles. The van der Waals surface area contributed by atoms with Crippen LogP contribution in [0.5, 0.6) is 0 Å². The molecule has 2 nitrogen and oxygen atoms in total. The highest BCUT2D eigenvalue weighted by Gasteiger charge is 2.17. The Morgan fingerprint density at radius 1 is 1.46 bits per heavy atom. The summed E-state index contributed by atoms with van der Waals surface area (Å²) in [4.78, 5) is 0. The van der Waals surface area contributed by atoms with Gasteiger partial charge in [-0.1, -0.05) is 12.1 Å². The second kappa shape index (κ2) is 3.38. The number of rotatable bonds is 1. The number of hydrogen-bond acceptors (Lipinski definition) is 2. The van der Waals surface area contributed by atoms with E-state index in [4.69, 9.17) is 5.73 Å². The van der Waals surface area contributed by atoms with E-state index in [0.717, 1.165) is 12.2 Å². The fraction of sp³-hybridized carbons (Fsp3) is 0.455. The summed E-state index contributed by atoms with van der Waals surface area (Å²) < 4.78 is 0. The Morgan fingerprint density at radius 2 is 2.31 bits per heavy atom. The molecule has 0 saturated carbocycles. The number of nitrogen functional groups attached to an aromatic ring is 1. The highest BCUT2D eigenvalue weighted by atomic mass is 14.9. The molecule has 1 aromatic carbocycles. The van der Waals surface area contributed by atoms with Crippen LogP contribution in [0.2, 0.25) is 0 Å². The Morgan fingerprint density at radius 3 is 3.00 bits per heavy atom. The third kappa shape index (κ3) is 1.54. The summed E-state index contributed by atoms with van der Waals surface area (Å²) in [6.07, 6.45) is 2.52. The first-order valence-electron chi connectivity index (χ1n) is 4.87. The minimum absolute atomic E-state index is 0.531. The largest absolute Gasteiger partial charge is 0.399 e. The molecule has 1 aromatic rings. The topological polar surface area (TPSA) is 38.0 Å². The number of benzene rings is 1. The number of anilines is 1. The van der Waals surface area contributed by atoms with Crippen molar-refractivity contribution in [2.75, 3.05) is 12.3 Å². The van der Waals surface area contributed by atoms with Crippen molar-refractivity contribution in [1.82, 2.24) is 5.32 Å². The first kappa shape index (κ1) is 8.57. The van der Waals surface area contributed by atoms with Crippen LogP contribution in [0.4, 0.5) is 5.69 Å². The number of nitrogens with one attached hydrogen (secondary N) is 1. The van der Waals surface area contributed by atoms with E-state index in [0.29, 0.717) is 6.04 Å². The summed E-state index contributed by atoms with van der Waals surface area (Å²) in [5.74, 6) is 0. The van der Waals surface area contributed by atoms with Crippen LogP contribution in [-0.2, 0) is 0 Å². The minimum Gasteiger partial charge on any atom is -0.399 e. The molecule has 0 spiro atoms. The van der Waals surface area contributed by atoms with Crippen molar-refractivity contribution in [3.05, 3.63) is 29.3 Å². The van der Waals surface area contributed by atoms with Crippen molar-refractivity contribution in [2.45, 2.75) is 25.8 Å². The zero-order valence-electron chi connectivity index (χ0n) is 8.01. The Hall–Kier alpha value is -1.02. The van der Waals surface area contributed by atoms with Gasteiger partial charge in [0, 0.05) is 11.7 Å². The lowest BCUT2D eigenvalue weighted by molar-refractivity contribution is 0.644. The smallest absolute Gasteiger partial charge is 0.0347 e. The first-order valence-corrected chi connectivity index (χ1v) is 4.87. The van der Waals surface area contributed by atoms with Gasteiger partial charge in [0.2, 0.25) is 0 Å². The molecule has 2 rings (SSSR count). The van der Waals surface area contributed by atoms with E-state index in [1.54, 1.807) is 0 Å². The summed E-state index contributed by atoms with van der Waals surface area (Å²) in [5.41, 5.74) is 9.38. The van der Waals surface area contributed by atoms with Crippen LogP contribution in [0.15, 0.2) is 18.2 Å². The third-order valence-corrected chi connectivity index (χ3v) is 2.85. The quantitative estimate of drug-likeness (QED) is 0.642. The molecule has 0 aromatic heterocycles. The second-order valence-electron chi connectivity index (χ2n) is 3.71. The molecule has 3 N–H and O–H groups in total. The molecule has 1 saturated heterocycles. The van der Waals surface area contributed by atoms with Crippen LogP contribution in [0.1, 0.15) is 30.0 Å². The molecule has 0 bridgehead atoms. The maximum Gasteiger partial charge on any atom is 0.0347 e.